The zero-order valence-electron chi connectivity index (χ0n) is 14.7. The number of hydrogen-bond acceptors (Lipinski definition) is 7. The van der Waals surface area contributed by atoms with Gasteiger partial charge in [0.15, 0.2) is 0 Å². The Morgan fingerprint density at radius 3 is 3.00 bits per heavy atom. The number of fused-ring (bicyclic) bond motifs is 4. The molecule has 8 heteroatoms. The van der Waals surface area contributed by atoms with Gasteiger partial charge in [-0.25, -0.2) is 10.4 Å². The van der Waals surface area contributed by atoms with Gasteiger partial charge in [-0.05, 0) is 25.0 Å². The van der Waals surface area contributed by atoms with E-state index in [-0.39, 0.29) is 35.7 Å². The molecule has 3 aromatic rings. The maximum atomic E-state index is 12.5. The maximum Gasteiger partial charge on any atom is 0.325 e. The lowest BCUT2D eigenvalue weighted by Crippen LogP contribution is -2.40. The molecular formula is C19H20N4O4. The summed E-state index contributed by atoms with van der Waals surface area (Å²) in [6.07, 6.45) is 4.39. The van der Waals surface area contributed by atoms with E-state index in [0.717, 1.165) is 24.6 Å². The van der Waals surface area contributed by atoms with E-state index in [0.29, 0.717) is 23.0 Å². The number of nitrogens with zero attached hydrogens (tertiary/aromatic N) is 1. The van der Waals surface area contributed by atoms with Crippen LogP contribution < -0.4 is 16.4 Å². The molecule has 1 aromatic carbocycles. The number of carbonyl (C=O) groups is 1. The number of H-pyrrole nitrogens is 1. The summed E-state index contributed by atoms with van der Waals surface area (Å²) in [6.45, 7) is -0.0842. The topological polar surface area (TPSA) is 109 Å². The van der Waals surface area contributed by atoms with Crippen LogP contribution in [0.25, 0.3) is 22.1 Å². The molecule has 5 rings (SSSR count). The standard InChI is InChI=1S/C19H20N4O4/c24-18-17-15(11-6-2-4-8-13(11)27-17)20-14(21-18)9-26-19(25)16-10-5-1-3-7-12(10)22-23-16/h2,4,6,8,10,12,16,22-23H,1,3,5,7,9H2,(H,20,21,24). The molecule has 0 radical (unpaired) electrons. The van der Waals surface area contributed by atoms with Gasteiger partial charge in [-0.3, -0.25) is 15.0 Å². The molecule has 1 saturated heterocycles. The van der Waals surface area contributed by atoms with Crippen LogP contribution in [0.4, 0.5) is 0 Å². The minimum absolute atomic E-state index is 0.0842. The lowest BCUT2D eigenvalue weighted by atomic mass is 9.82. The fourth-order valence-corrected chi connectivity index (χ4v) is 4.22. The quantitative estimate of drug-likeness (QED) is 0.604. The third-order valence-corrected chi connectivity index (χ3v) is 5.56. The summed E-state index contributed by atoms with van der Waals surface area (Å²) in [7, 11) is 0. The fraction of sp³-hybridized carbons (Fsp3) is 0.421. The Labute approximate surface area is 154 Å². The van der Waals surface area contributed by atoms with Gasteiger partial charge < -0.3 is 14.1 Å². The number of benzene rings is 1. The van der Waals surface area contributed by atoms with Crippen LogP contribution in [0, 0.1) is 5.92 Å². The first-order valence-corrected chi connectivity index (χ1v) is 9.29. The minimum atomic E-state index is -0.379. The number of nitrogens with one attached hydrogen (secondary N) is 3. The Morgan fingerprint density at radius 1 is 1.22 bits per heavy atom. The number of hydrogen-bond donors (Lipinski definition) is 3. The summed E-state index contributed by atoms with van der Waals surface area (Å²) in [5.41, 5.74) is 7.15. The number of esters is 1. The molecule has 2 aliphatic rings. The molecule has 1 saturated carbocycles. The molecule has 3 N–H and O–H groups in total. The van der Waals surface area contributed by atoms with Gasteiger partial charge in [0.05, 0.1) is 0 Å². The normalized spacial score (nSPS) is 25.0. The van der Waals surface area contributed by atoms with Gasteiger partial charge in [-0.2, -0.15) is 0 Å². The van der Waals surface area contributed by atoms with Gasteiger partial charge in [-0.15, -0.1) is 0 Å². The molecule has 2 fully saturated rings. The molecule has 0 spiro atoms. The zero-order chi connectivity index (χ0) is 18.4. The van der Waals surface area contributed by atoms with E-state index in [1.54, 1.807) is 6.07 Å². The predicted octanol–water partition coefficient (Wildman–Crippen LogP) is 1.75. The summed E-state index contributed by atoms with van der Waals surface area (Å²) in [6, 6.07) is 7.29. The Morgan fingerprint density at radius 2 is 2.07 bits per heavy atom. The molecule has 3 unspecified atom stereocenters. The van der Waals surface area contributed by atoms with Crippen LogP contribution in [0.15, 0.2) is 33.5 Å². The Bertz CT molecular complexity index is 1070. The van der Waals surface area contributed by atoms with Crippen LogP contribution in [-0.2, 0) is 16.1 Å². The number of furan rings is 1. The largest absolute Gasteiger partial charge is 0.456 e. The molecule has 1 aliphatic heterocycles. The Hall–Kier alpha value is -2.71. The number of carbonyl (C=O) groups excluding carboxylic acids is 1. The molecule has 8 nitrogen and oxygen atoms in total. The van der Waals surface area contributed by atoms with Gasteiger partial charge in [0.2, 0.25) is 5.58 Å². The molecule has 140 valence electrons. The third-order valence-electron chi connectivity index (χ3n) is 5.56. The number of para-hydroxylation sites is 1. The SMILES string of the molecule is O=C(OCc1nc2c(oc3ccccc32)c(=O)[nH]1)C1NNC2CCCCC21. The second-order valence-corrected chi connectivity index (χ2v) is 7.22. The average Bonchev–Trinajstić information content (AvgIpc) is 3.28. The number of rotatable bonds is 3. The monoisotopic (exact) mass is 368 g/mol. The highest BCUT2D eigenvalue weighted by atomic mass is 16.5. The lowest BCUT2D eigenvalue weighted by molar-refractivity contribution is -0.148. The second kappa shape index (κ2) is 6.47. The molecule has 0 bridgehead atoms. The van der Waals surface area contributed by atoms with Crippen LogP contribution in [0.2, 0.25) is 0 Å². The third kappa shape index (κ3) is 2.81. The van der Waals surface area contributed by atoms with Crippen molar-refractivity contribution < 1.29 is 13.9 Å². The summed E-state index contributed by atoms with van der Waals surface area (Å²) in [5.74, 6) is 0.230. The molecule has 0 amide bonds. The lowest BCUT2D eigenvalue weighted by Gasteiger charge is -2.26. The van der Waals surface area contributed by atoms with Gasteiger partial charge in [0.1, 0.15) is 29.6 Å². The average molecular weight is 368 g/mol. The molecule has 1 aliphatic carbocycles. The maximum absolute atomic E-state index is 12.5. The predicted molar refractivity (Wildman–Crippen MR) is 97.7 cm³/mol. The molecule has 3 heterocycles. The Kier molecular flexibility index (Phi) is 3.95. The van der Waals surface area contributed by atoms with Crippen LogP contribution in [0.1, 0.15) is 31.5 Å². The van der Waals surface area contributed by atoms with Crippen molar-refractivity contribution in [1.82, 2.24) is 20.8 Å². The number of aromatic amines is 1. The van der Waals surface area contributed by atoms with E-state index >= 15 is 0 Å². The van der Waals surface area contributed by atoms with Gasteiger partial charge in [0, 0.05) is 17.3 Å². The summed E-state index contributed by atoms with van der Waals surface area (Å²) >= 11 is 0. The number of aromatic nitrogens is 2. The van der Waals surface area contributed by atoms with E-state index in [9.17, 15) is 9.59 Å². The first kappa shape index (κ1) is 16.5. The van der Waals surface area contributed by atoms with Crippen molar-refractivity contribution in [2.75, 3.05) is 0 Å². The van der Waals surface area contributed by atoms with Crippen molar-refractivity contribution in [3.63, 3.8) is 0 Å². The van der Waals surface area contributed by atoms with E-state index in [1.807, 2.05) is 18.2 Å². The first-order valence-electron chi connectivity index (χ1n) is 9.29. The summed E-state index contributed by atoms with van der Waals surface area (Å²) in [4.78, 5) is 31.9. The van der Waals surface area contributed by atoms with E-state index in [4.69, 9.17) is 9.15 Å². The highest BCUT2D eigenvalue weighted by molar-refractivity contribution is 6.01. The van der Waals surface area contributed by atoms with Crippen LogP contribution in [0.3, 0.4) is 0 Å². The number of ether oxygens (including phenoxy) is 1. The van der Waals surface area contributed by atoms with E-state index in [2.05, 4.69) is 20.8 Å². The van der Waals surface area contributed by atoms with Crippen molar-refractivity contribution in [3.8, 4) is 0 Å². The highest BCUT2D eigenvalue weighted by Gasteiger charge is 2.41. The molecule has 3 atom stereocenters. The molecule has 2 aromatic heterocycles. The van der Waals surface area contributed by atoms with Crippen molar-refractivity contribution in [3.05, 3.63) is 40.4 Å². The van der Waals surface area contributed by atoms with Crippen LogP contribution in [-0.4, -0.2) is 28.0 Å². The second-order valence-electron chi connectivity index (χ2n) is 7.22. The van der Waals surface area contributed by atoms with Gasteiger partial charge >= 0.3 is 5.97 Å². The minimum Gasteiger partial charge on any atom is -0.456 e. The van der Waals surface area contributed by atoms with E-state index in [1.165, 1.54) is 6.42 Å². The molecule has 27 heavy (non-hydrogen) atoms. The fourth-order valence-electron chi connectivity index (χ4n) is 4.22. The first-order chi connectivity index (χ1) is 13.2. The van der Waals surface area contributed by atoms with Crippen molar-refractivity contribution in [2.45, 2.75) is 44.4 Å². The van der Waals surface area contributed by atoms with Crippen molar-refractivity contribution in [2.24, 2.45) is 5.92 Å². The van der Waals surface area contributed by atoms with Gasteiger partial charge in [-0.1, -0.05) is 25.0 Å². The van der Waals surface area contributed by atoms with Crippen LogP contribution >= 0.6 is 0 Å². The summed E-state index contributed by atoms with van der Waals surface area (Å²) < 4.78 is 11.0. The van der Waals surface area contributed by atoms with Crippen LogP contribution in [0.5, 0.6) is 0 Å². The van der Waals surface area contributed by atoms with Gasteiger partial charge in [0.25, 0.3) is 5.56 Å². The number of hydrazine groups is 1. The summed E-state index contributed by atoms with van der Waals surface area (Å²) in [5, 5.41) is 0.762. The Balaban J connectivity index is 1.36. The molecular weight excluding hydrogens is 348 g/mol. The highest BCUT2D eigenvalue weighted by Crippen LogP contribution is 2.30. The van der Waals surface area contributed by atoms with Crippen molar-refractivity contribution >= 4 is 28.0 Å². The van der Waals surface area contributed by atoms with E-state index < -0.39 is 0 Å². The zero-order valence-corrected chi connectivity index (χ0v) is 14.7. The smallest absolute Gasteiger partial charge is 0.325 e. The van der Waals surface area contributed by atoms with Crippen molar-refractivity contribution in [1.29, 1.82) is 0 Å².